The van der Waals surface area contributed by atoms with Crippen molar-refractivity contribution in [1.29, 1.82) is 0 Å². The average molecular weight is 379 g/mol. The molecule has 6 nitrogen and oxygen atoms in total. The average Bonchev–Trinajstić information content (AvgIpc) is 3.32. The molecule has 3 aromatic rings. The highest BCUT2D eigenvalue weighted by molar-refractivity contribution is 5.53. The lowest BCUT2D eigenvalue weighted by Gasteiger charge is -2.35. The lowest BCUT2D eigenvalue weighted by molar-refractivity contribution is 0.346. The van der Waals surface area contributed by atoms with Gasteiger partial charge in [0.05, 0.1) is 17.9 Å². The number of aryl methyl sites for hydroxylation is 2. The molecule has 0 unspecified atom stereocenters. The fraction of sp³-hybridized carbons (Fsp3) is 0.455. The quantitative estimate of drug-likeness (QED) is 0.715. The zero-order chi connectivity index (χ0) is 19.5. The Kier molecular flexibility index (Phi) is 5.48. The Hall–Kier alpha value is -2.60. The van der Waals surface area contributed by atoms with Gasteiger partial charge >= 0.3 is 0 Å². The summed E-state index contributed by atoms with van der Waals surface area (Å²) in [6.07, 6.45) is 6.12. The summed E-state index contributed by atoms with van der Waals surface area (Å²) < 4.78 is 4.03. The number of hydrogen-bond donors (Lipinski definition) is 1. The second kappa shape index (κ2) is 8.19. The van der Waals surface area contributed by atoms with Crippen molar-refractivity contribution in [2.75, 3.05) is 18.0 Å². The number of piperidine rings is 1. The molecular formula is C22H30N6. The van der Waals surface area contributed by atoms with Crippen LogP contribution in [0.2, 0.25) is 0 Å². The van der Waals surface area contributed by atoms with E-state index >= 15 is 0 Å². The van der Waals surface area contributed by atoms with Gasteiger partial charge < -0.3 is 10.2 Å². The molecule has 0 amide bonds. The van der Waals surface area contributed by atoms with Gasteiger partial charge in [-0.05, 0) is 63.9 Å². The van der Waals surface area contributed by atoms with Gasteiger partial charge in [-0.2, -0.15) is 10.2 Å². The second-order valence-electron chi connectivity index (χ2n) is 7.91. The highest BCUT2D eigenvalue weighted by Gasteiger charge is 2.21. The minimum Gasteiger partial charge on any atom is -0.371 e. The van der Waals surface area contributed by atoms with Crippen LogP contribution in [0, 0.1) is 13.8 Å². The normalized spacial score (nSPS) is 16.5. The number of rotatable bonds is 6. The van der Waals surface area contributed by atoms with E-state index in [9.17, 15) is 0 Å². The lowest BCUT2D eigenvalue weighted by Crippen LogP contribution is -2.46. The lowest BCUT2D eigenvalue weighted by atomic mass is 10.0. The molecule has 148 valence electrons. The smallest absolute Gasteiger partial charge is 0.0666 e. The Labute approximate surface area is 167 Å². The van der Waals surface area contributed by atoms with Gasteiger partial charge in [0.25, 0.3) is 0 Å². The van der Waals surface area contributed by atoms with Crippen molar-refractivity contribution < 1.29 is 0 Å². The van der Waals surface area contributed by atoms with Crippen molar-refractivity contribution in [3.05, 3.63) is 60.2 Å². The molecule has 4 rings (SSSR count). The predicted octanol–water partition coefficient (Wildman–Crippen LogP) is 3.33. The Morgan fingerprint density at radius 3 is 2.57 bits per heavy atom. The van der Waals surface area contributed by atoms with Gasteiger partial charge in [-0.1, -0.05) is 6.07 Å². The van der Waals surface area contributed by atoms with Crippen molar-refractivity contribution in [1.82, 2.24) is 24.9 Å². The topological polar surface area (TPSA) is 50.9 Å². The number of nitrogens with zero attached hydrogens (tertiary/aromatic N) is 5. The molecule has 1 atom stereocenters. The third-order valence-corrected chi connectivity index (χ3v) is 5.53. The first-order valence-electron chi connectivity index (χ1n) is 10.2. The monoisotopic (exact) mass is 378 g/mol. The Morgan fingerprint density at radius 1 is 1.11 bits per heavy atom. The van der Waals surface area contributed by atoms with Gasteiger partial charge in [-0.3, -0.25) is 4.68 Å². The van der Waals surface area contributed by atoms with Gasteiger partial charge in [0.15, 0.2) is 0 Å². The minimum atomic E-state index is 0.415. The molecule has 0 saturated carbocycles. The number of anilines is 1. The molecular weight excluding hydrogens is 348 g/mol. The van der Waals surface area contributed by atoms with Crippen LogP contribution in [0.15, 0.2) is 48.8 Å². The van der Waals surface area contributed by atoms with Crippen molar-refractivity contribution in [3.8, 4) is 5.69 Å². The molecule has 1 aromatic carbocycles. The maximum absolute atomic E-state index is 4.59. The van der Waals surface area contributed by atoms with Crippen molar-refractivity contribution in [3.63, 3.8) is 0 Å². The zero-order valence-corrected chi connectivity index (χ0v) is 17.0. The fourth-order valence-corrected chi connectivity index (χ4v) is 4.13. The number of benzene rings is 1. The standard InChI is InChI=1S/C22H30N6/c1-17-14-19(3)28(25-17)16-18(2)24-20-8-12-26(13-9-20)21-6-4-7-22(15-21)27-11-5-10-23-27/h4-7,10-11,14-15,18,20,24H,8-9,12-13,16H2,1-3H3/t18-/m0/s1. The van der Waals surface area contributed by atoms with Gasteiger partial charge in [0, 0.05) is 48.9 Å². The molecule has 1 N–H and O–H groups in total. The van der Waals surface area contributed by atoms with E-state index in [1.54, 1.807) is 0 Å². The zero-order valence-electron chi connectivity index (χ0n) is 17.0. The van der Waals surface area contributed by atoms with E-state index in [1.807, 2.05) is 23.1 Å². The molecule has 2 aromatic heterocycles. The third-order valence-electron chi connectivity index (χ3n) is 5.53. The first kappa shape index (κ1) is 18.7. The van der Waals surface area contributed by atoms with E-state index in [4.69, 9.17) is 0 Å². The molecule has 1 saturated heterocycles. The largest absolute Gasteiger partial charge is 0.371 e. The molecule has 1 aliphatic rings. The van der Waals surface area contributed by atoms with E-state index in [-0.39, 0.29) is 0 Å². The number of nitrogens with one attached hydrogen (secondary N) is 1. The number of hydrogen-bond acceptors (Lipinski definition) is 4. The van der Waals surface area contributed by atoms with Crippen LogP contribution in [0.25, 0.3) is 5.69 Å². The molecule has 1 fully saturated rings. The Balaban J connectivity index is 1.31. The SMILES string of the molecule is Cc1cc(C)n(C[C@H](C)NC2CCN(c3cccc(-n4cccn4)c3)CC2)n1. The summed E-state index contributed by atoms with van der Waals surface area (Å²) in [4.78, 5) is 2.48. The highest BCUT2D eigenvalue weighted by Crippen LogP contribution is 2.23. The fourth-order valence-electron chi connectivity index (χ4n) is 4.13. The van der Waals surface area contributed by atoms with Crippen LogP contribution in [0.1, 0.15) is 31.2 Å². The summed E-state index contributed by atoms with van der Waals surface area (Å²) in [6.45, 7) is 9.52. The van der Waals surface area contributed by atoms with Crippen molar-refractivity contribution in [2.24, 2.45) is 0 Å². The van der Waals surface area contributed by atoms with Crippen LogP contribution in [-0.2, 0) is 6.54 Å². The molecule has 0 radical (unpaired) electrons. The summed E-state index contributed by atoms with van der Waals surface area (Å²) in [7, 11) is 0. The number of aromatic nitrogens is 4. The van der Waals surface area contributed by atoms with Crippen LogP contribution >= 0.6 is 0 Å². The van der Waals surface area contributed by atoms with Gasteiger partial charge in [0.2, 0.25) is 0 Å². The van der Waals surface area contributed by atoms with E-state index in [0.717, 1.165) is 43.9 Å². The van der Waals surface area contributed by atoms with E-state index in [0.29, 0.717) is 12.1 Å². The van der Waals surface area contributed by atoms with Gasteiger partial charge in [-0.15, -0.1) is 0 Å². The maximum atomic E-state index is 4.59. The van der Waals surface area contributed by atoms with E-state index < -0.39 is 0 Å². The molecule has 0 spiro atoms. The summed E-state index contributed by atoms with van der Waals surface area (Å²) in [5, 5.41) is 12.7. The van der Waals surface area contributed by atoms with Gasteiger partial charge in [0.1, 0.15) is 0 Å². The van der Waals surface area contributed by atoms with Gasteiger partial charge in [-0.25, -0.2) is 4.68 Å². The molecule has 1 aliphatic heterocycles. The molecule has 3 heterocycles. The maximum Gasteiger partial charge on any atom is 0.0666 e. The van der Waals surface area contributed by atoms with Crippen LogP contribution in [0.3, 0.4) is 0 Å². The molecule has 0 aliphatic carbocycles. The van der Waals surface area contributed by atoms with Crippen LogP contribution in [0.5, 0.6) is 0 Å². The predicted molar refractivity (Wildman–Crippen MR) is 113 cm³/mol. The summed E-state index contributed by atoms with van der Waals surface area (Å²) in [6, 6.07) is 13.7. The first-order valence-corrected chi connectivity index (χ1v) is 10.2. The van der Waals surface area contributed by atoms with Crippen LogP contribution in [0.4, 0.5) is 5.69 Å². The summed E-state index contributed by atoms with van der Waals surface area (Å²) >= 11 is 0. The first-order chi connectivity index (χ1) is 13.6. The molecule has 28 heavy (non-hydrogen) atoms. The van der Waals surface area contributed by atoms with Crippen molar-refractivity contribution in [2.45, 2.75) is 52.2 Å². The van der Waals surface area contributed by atoms with E-state index in [1.165, 1.54) is 11.4 Å². The summed E-state index contributed by atoms with van der Waals surface area (Å²) in [5.41, 5.74) is 4.72. The third kappa shape index (κ3) is 4.28. The molecule has 6 heteroatoms. The molecule has 0 bridgehead atoms. The van der Waals surface area contributed by atoms with E-state index in [2.05, 4.69) is 76.2 Å². The van der Waals surface area contributed by atoms with Crippen LogP contribution in [-0.4, -0.2) is 44.7 Å². The Bertz CT molecular complexity index is 890. The van der Waals surface area contributed by atoms with Crippen molar-refractivity contribution >= 4 is 5.69 Å². The highest BCUT2D eigenvalue weighted by atomic mass is 15.3. The Morgan fingerprint density at radius 2 is 1.89 bits per heavy atom. The minimum absolute atomic E-state index is 0.415. The van der Waals surface area contributed by atoms with Crippen LogP contribution < -0.4 is 10.2 Å². The second-order valence-corrected chi connectivity index (χ2v) is 7.91. The summed E-state index contributed by atoms with van der Waals surface area (Å²) in [5.74, 6) is 0.